The van der Waals surface area contributed by atoms with Crippen LogP contribution in [0.25, 0.3) is 0 Å². The first-order chi connectivity index (χ1) is 9.11. The number of nitrogens with two attached hydrogens (primary N) is 1. The summed E-state index contributed by atoms with van der Waals surface area (Å²) in [6.45, 7) is 0.477. The molecule has 2 rings (SSSR count). The molecule has 1 aromatic carbocycles. The smallest absolute Gasteiger partial charge is 0.253 e. The van der Waals surface area contributed by atoms with E-state index in [0.717, 1.165) is 17.3 Å². The standard InChI is InChI=1S/C14H18BrClN2O/c15-10-5-6-11(12(16)7-10)14(19)18-13(8-17)9-3-1-2-4-9/h5-7,9,13H,1-4,8,17H2,(H,18,19). The maximum absolute atomic E-state index is 12.2. The molecule has 1 aliphatic carbocycles. The lowest BCUT2D eigenvalue weighted by molar-refractivity contribution is 0.0924. The molecule has 1 saturated carbocycles. The van der Waals surface area contributed by atoms with Crippen molar-refractivity contribution in [2.24, 2.45) is 11.7 Å². The maximum atomic E-state index is 12.2. The fourth-order valence-electron chi connectivity index (χ4n) is 2.65. The molecule has 0 heterocycles. The summed E-state index contributed by atoms with van der Waals surface area (Å²) >= 11 is 9.42. The van der Waals surface area contributed by atoms with E-state index in [0.29, 0.717) is 23.0 Å². The molecule has 0 bridgehead atoms. The zero-order chi connectivity index (χ0) is 13.8. The first-order valence-electron chi connectivity index (χ1n) is 6.58. The Morgan fingerprint density at radius 2 is 2.16 bits per heavy atom. The number of amides is 1. The number of benzene rings is 1. The summed E-state index contributed by atoms with van der Waals surface area (Å²) in [5, 5.41) is 3.47. The molecule has 1 fully saturated rings. The van der Waals surface area contributed by atoms with E-state index in [4.69, 9.17) is 17.3 Å². The van der Waals surface area contributed by atoms with Crippen LogP contribution in [0, 0.1) is 5.92 Å². The first-order valence-corrected chi connectivity index (χ1v) is 7.75. The van der Waals surface area contributed by atoms with E-state index in [1.807, 2.05) is 6.07 Å². The Hall–Kier alpha value is -0.580. The third kappa shape index (κ3) is 3.71. The first kappa shape index (κ1) is 14.8. The maximum Gasteiger partial charge on any atom is 0.253 e. The zero-order valence-electron chi connectivity index (χ0n) is 10.7. The van der Waals surface area contributed by atoms with E-state index in [2.05, 4.69) is 21.2 Å². The van der Waals surface area contributed by atoms with Crippen molar-refractivity contribution in [1.29, 1.82) is 0 Å². The summed E-state index contributed by atoms with van der Waals surface area (Å²) in [6.07, 6.45) is 4.76. The molecule has 5 heteroatoms. The predicted octanol–water partition coefficient (Wildman–Crippen LogP) is 3.35. The van der Waals surface area contributed by atoms with Gasteiger partial charge in [0.1, 0.15) is 0 Å². The van der Waals surface area contributed by atoms with Gasteiger partial charge in [-0.25, -0.2) is 0 Å². The van der Waals surface area contributed by atoms with Gasteiger partial charge in [0.2, 0.25) is 0 Å². The Morgan fingerprint density at radius 3 is 2.74 bits per heavy atom. The summed E-state index contributed by atoms with van der Waals surface area (Å²) in [7, 11) is 0. The average molecular weight is 346 g/mol. The summed E-state index contributed by atoms with van der Waals surface area (Å²) < 4.78 is 0.861. The monoisotopic (exact) mass is 344 g/mol. The van der Waals surface area contributed by atoms with Crippen molar-refractivity contribution in [3.63, 3.8) is 0 Å². The fourth-order valence-corrected chi connectivity index (χ4v) is 3.41. The van der Waals surface area contributed by atoms with Crippen LogP contribution in [0.5, 0.6) is 0 Å². The van der Waals surface area contributed by atoms with Gasteiger partial charge in [-0.1, -0.05) is 40.4 Å². The van der Waals surface area contributed by atoms with Gasteiger partial charge in [-0.3, -0.25) is 4.79 Å². The Morgan fingerprint density at radius 1 is 1.47 bits per heavy atom. The molecule has 1 amide bonds. The zero-order valence-corrected chi connectivity index (χ0v) is 13.0. The van der Waals surface area contributed by atoms with Crippen LogP contribution in [0.2, 0.25) is 5.02 Å². The second-order valence-electron chi connectivity index (χ2n) is 4.98. The van der Waals surface area contributed by atoms with Crippen molar-refractivity contribution in [1.82, 2.24) is 5.32 Å². The van der Waals surface area contributed by atoms with Crippen molar-refractivity contribution in [3.8, 4) is 0 Å². The van der Waals surface area contributed by atoms with Gasteiger partial charge in [0.25, 0.3) is 5.91 Å². The molecule has 3 N–H and O–H groups in total. The topological polar surface area (TPSA) is 55.1 Å². The van der Waals surface area contributed by atoms with Crippen LogP contribution >= 0.6 is 27.5 Å². The van der Waals surface area contributed by atoms with Gasteiger partial charge in [-0.2, -0.15) is 0 Å². The van der Waals surface area contributed by atoms with E-state index in [-0.39, 0.29) is 11.9 Å². The normalized spacial score (nSPS) is 17.4. The molecule has 1 unspecified atom stereocenters. The molecule has 0 saturated heterocycles. The minimum Gasteiger partial charge on any atom is -0.348 e. The second-order valence-corrected chi connectivity index (χ2v) is 6.31. The van der Waals surface area contributed by atoms with E-state index in [1.165, 1.54) is 12.8 Å². The summed E-state index contributed by atoms with van der Waals surface area (Å²) in [5.74, 6) is 0.364. The highest BCUT2D eigenvalue weighted by atomic mass is 79.9. The number of halogens is 2. The second kappa shape index (κ2) is 6.73. The van der Waals surface area contributed by atoms with Gasteiger partial charge >= 0.3 is 0 Å². The highest BCUT2D eigenvalue weighted by Crippen LogP contribution is 2.28. The summed E-state index contributed by atoms with van der Waals surface area (Å²) in [5.41, 5.74) is 6.29. The van der Waals surface area contributed by atoms with E-state index in [1.54, 1.807) is 12.1 Å². The molecule has 1 atom stereocenters. The van der Waals surface area contributed by atoms with Gasteiger partial charge in [0, 0.05) is 17.1 Å². The highest BCUT2D eigenvalue weighted by Gasteiger charge is 2.26. The Kier molecular flexibility index (Phi) is 5.25. The van der Waals surface area contributed by atoms with E-state index < -0.39 is 0 Å². The molecule has 3 nitrogen and oxygen atoms in total. The van der Waals surface area contributed by atoms with Crippen LogP contribution in [0.4, 0.5) is 0 Å². The van der Waals surface area contributed by atoms with Crippen LogP contribution in [0.1, 0.15) is 36.0 Å². The molecular formula is C14H18BrClN2O. The third-order valence-electron chi connectivity index (χ3n) is 3.72. The quantitative estimate of drug-likeness (QED) is 0.879. The minimum atomic E-state index is -0.139. The number of hydrogen-bond acceptors (Lipinski definition) is 2. The molecular weight excluding hydrogens is 328 g/mol. The average Bonchev–Trinajstić information content (AvgIpc) is 2.89. The SMILES string of the molecule is NCC(NC(=O)c1ccc(Br)cc1Cl)C1CCCC1. The largest absolute Gasteiger partial charge is 0.348 e. The molecule has 104 valence electrons. The Labute approximate surface area is 127 Å². The van der Waals surface area contributed by atoms with Gasteiger partial charge in [-0.15, -0.1) is 0 Å². The number of hydrogen-bond donors (Lipinski definition) is 2. The van der Waals surface area contributed by atoms with Gasteiger partial charge in [0.15, 0.2) is 0 Å². The highest BCUT2D eigenvalue weighted by molar-refractivity contribution is 9.10. The molecule has 1 aliphatic rings. The number of carbonyl (C=O) groups is 1. The Balaban J connectivity index is 2.06. The molecule has 0 aliphatic heterocycles. The van der Waals surface area contributed by atoms with Crippen molar-refractivity contribution in [2.75, 3.05) is 6.54 Å². The minimum absolute atomic E-state index is 0.0507. The van der Waals surface area contributed by atoms with Gasteiger partial charge < -0.3 is 11.1 Å². The Bertz CT molecular complexity index is 461. The van der Waals surface area contributed by atoms with Crippen molar-refractivity contribution in [2.45, 2.75) is 31.7 Å². The van der Waals surface area contributed by atoms with Gasteiger partial charge in [0.05, 0.1) is 10.6 Å². The van der Waals surface area contributed by atoms with Gasteiger partial charge in [-0.05, 0) is 37.0 Å². The van der Waals surface area contributed by atoms with Crippen molar-refractivity contribution >= 4 is 33.4 Å². The molecule has 0 radical (unpaired) electrons. The number of nitrogens with one attached hydrogen (secondary N) is 1. The summed E-state index contributed by atoms with van der Waals surface area (Å²) in [6, 6.07) is 5.32. The predicted molar refractivity (Wildman–Crippen MR) is 81.4 cm³/mol. The van der Waals surface area contributed by atoms with Crippen LogP contribution in [0.15, 0.2) is 22.7 Å². The van der Waals surface area contributed by atoms with Crippen molar-refractivity contribution in [3.05, 3.63) is 33.3 Å². The third-order valence-corrected chi connectivity index (χ3v) is 4.52. The number of rotatable bonds is 4. The molecule has 1 aromatic rings. The molecule has 0 aromatic heterocycles. The summed E-state index contributed by atoms with van der Waals surface area (Å²) in [4.78, 5) is 12.2. The van der Waals surface area contributed by atoms with Crippen LogP contribution in [-0.2, 0) is 0 Å². The lowest BCUT2D eigenvalue weighted by Gasteiger charge is -2.23. The lowest BCUT2D eigenvalue weighted by Crippen LogP contribution is -2.44. The van der Waals surface area contributed by atoms with Crippen LogP contribution in [-0.4, -0.2) is 18.5 Å². The van der Waals surface area contributed by atoms with Crippen LogP contribution in [0.3, 0.4) is 0 Å². The van der Waals surface area contributed by atoms with Crippen LogP contribution < -0.4 is 11.1 Å². The lowest BCUT2D eigenvalue weighted by atomic mass is 9.98. The number of carbonyl (C=O) groups excluding carboxylic acids is 1. The van der Waals surface area contributed by atoms with E-state index in [9.17, 15) is 4.79 Å². The molecule has 19 heavy (non-hydrogen) atoms. The van der Waals surface area contributed by atoms with Crippen molar-refractivity contribution < 1.29 is 4.79 Å². The molecule has 0 spiro atoms. The van der Waals surface area contributed by atoms with E-state index >= 15 is 0 Å². The fraction of sp³-hybridized carbons (Fsp3) is 0.500.